The van der Waals surface area contributed by atoms with Crippen molar-refractivity contribution in [1.29, 1.82) is 0 Å². The average Bonchev–Trinajstić information content (AvgIpc) is 3.73. The van der Waals surface area contributed by atoms with Gasteiger partial charge in [0, 0.05) is 33.1 Å². The highest BCUT2D eigenvalue weighted by Gasteiger charge is 2.42. The Hall–Kier alpha value is -6.64. The maximum atomic E-state index is 7.19. The van der Waals surface area contributed by atoms with E-state index in [2.05, 4.69) is 206 Å². The SMILES string of the molecule is CC1(c2cccc3c2oc2c(N(c4ccc(-c5ccccc5)cc4)c4ccc(-c5ccccc5)cc4)cccc23)c2ccccc2-c2ccccc21. The van der Waals surface area contributed by atoms with Crippen LogP contribution in [0.5, 0.6) is 0 Å². The molecule has 1 aliphatic carbocycles. The summed E-state index contributed by atoms with van der Waals surface area (Å²) in [6.45, 7) is 2.36. The Kier molecular flexibility index (Phi) is 6.97. The first-order valence-electron chi connectivity index (χ1n) is 17.9. The fraction of sp³-hybridized carbons (Fsp3) is 0.0400. The third-order valence-electron chi connectivity index (χ3n) is 11.0. The van der Waals surface area contributed by atoms with E-state index in [4.69, 9.17) is 4.42 Å². The molecule has 0 radical (unpaired) electrons. The van der Waals surface area contributed by atoms with Crippen LogP contribution in [0, 0.1) is 0 Å². The molecule has 0 spiro atoms. The van der Waals surface area contributed by atoms with Crippen molar-refractivity contribution in [3.05, 3.63) is 211 Å². The molecule has 0 atom stereocenters. The lowest BCUT2D eigenvalue weighted by Gasteiger charge is -2.28. The molecule has 2 nitrogen and oxygen atoms in total. The minimum absolute atomic E-state index is 0.374. The summed E-state index contributed by atoms with van der Waals surface area (Å²) in [5.41, 5.74) is 15.7. The Morgan fingerprint density at radius 2 is 0.788 bits per heavy atom. The van der Waals surface area contributed by atoms with Gasteiger partial charge in [0.15, 0.2) is 5.58 Å². The van der Waals surface area contributed by atoms with Gasteiger partial charge in [0.25, 0.3) is 0 Å². The van der Waals surface area contributed by atoms with Crippen LogP contribution in [-0.2, 0) is 5.41 Å². The smallest absolute Gasteiger partial charge is 0.159 e. The Labute approximate surface area is 303 Å². The van der Waals surface area contributed by atoms with Crippen molar-refractivity contribution >= 4 is 39.0 Å². The second-order valence-corrected chi connectivity index (χ2v) is 13.8. The maximum absolute atomic E-state index is 7.19. The van der Waals surface area contributed by atoms with E-state index in [-0.39, 0.29) is 5.41 Å². The molecule has 0 saturated carbocycles. The van der Waals surface area contributed by atoms with Gasteiger partial charge in [-0.2, -0.15) is 0 Å². The van der Waals surface area contributed by atoms with Crippen molar-refractivity contribution in [2.24, 2.45) is 0 Å². The van der Waals surface area contributed by atoms with Crippen LogP contribution < -0.4 is 4.90 Å². The van der Waals surface area contributed by atoms with E-state index < -0.39 is 0 Å². The standard InChI is InChI=1S/C50H35NO/c1-50(44-22-10-8-18-40(44)41-19-9-11-23-45(41)50)46-24-12-20-42-43-21-13-25-47(49(43)52-48(42)46)51(38-30-26-36(27-31-38)34-14-4-2-5-15-34)39-32-28-37(29-33-39)35-16-6-3-7-17-35/h2-33H,1H3. The number of hydrogen-bond acceptors (Lipinski definition) is 2. The van der Waals surface area contributed by atoms with Crippen molar-refractivity contribution < 1.29 is 4.42 Å². The monoisotopic (exact) mass is 665 g/mol. The predicted molar refractivity (Wildman–Crippen MR) is 217 cm³/mol. The summed E-state index contributed by atoms with van der Waals surface area (Å²) in [6, 6.07) is 69.6. The summed E-state index contributed by atoms with van der Waals surface area (Å²) in [4.78, 5) is 2.33. The van der Waals surface area contributed by atoms with Crippen molar-refractivity contribution in [3.63, 3.8) is 0 Å². The molecule has 1 aliphatic rings. The summed E-state index contributed by atoms with van der Waals surface area (Å²) in [7, 11) is 0. The molecule has 246 valence electrons. The van der Waals surface area contributed by atoms with E-state index in [1.807, 2.05) is 0 Å². The zero-order chi connectivity index (χ0) is 34.6. The fourth-order valence-electron chi connectivity index (χ4n) is 8.41. The predicted octanol–water partition coefficient (Wildman–Crippen LogP) is 13.7. The van der Waals surface area contributed by atoms with E-state index in [0.717, 1.165) is 39.0 Å². The molecule has 0 N–H and O–H groups in total. The molecule has 0 amide bonds. The molecule has 1 aromatic heterocycles. The molecular weight excluding hydrogens is 631 g/mol. The number of benzene rings is 8. The molecule has 9 aromatic rings. The molecule has 0 saturated heterocycles. The van der Waals surface area contributed by atoms with Crippen LogP contribution in [0.25, 0.3) is 55.3 Å². The largest absolute Gasteiger partial charge is 0.454 e. The van der Waals surface area contributed by atoms with Gasteiger partial charge in [-0.05, 0) is 81.8 Å². The minimum Gasteiger partial charge on any atom is -0.454 e. The Morgan fingerprint density at radius 1 is 0.365 bits per heavy atom. The average molecular weight is 666 g/mol. The van der Waals surface area contributed by atoms with Gasteiger partial charge in [-0.25, -0.2) is 0 Å². The highest BCUT2D eigenvalue weighted by molar-refractivity contribution is 6.11. The van der Waals surface area contributed by atoms with Gasteiger partial charge in [-0.1, -0.05) is 164 Å². The second-order valence-electron chi connectivity index (χ2n) is 13.8. The van der Waals surface area contributed by atoms with Crippen LogP contribution in [0.15, 0.2) is 199 Å². The van der Waals surface area contributed by atoms with E-state index in [0.29, 0.717) is 0 Å². The lowest BCUT2D eigenvalue weighted by atomic mass is 9.74. The molecule has 8 aromatic carbocycles. The Balaban J connectivity index is 1.17. The third-order valence-corrected chi connectivity index (χ3v) is 11.0. The first kappa shape index (κ1) is 30.2. The van der Waals surface area contributed by atoms with Gasteiger partial charge < -0.3 is 9.32 Å². The second kappa shape index (κ2) is 12.0. The minimum atomic E-state index is -0.374. The highest BCUT2D eigenvalue weighted by Crippen LogP contribution is 2.54. The van der Waals surface area contributed by atoms with Gasteiger partial charge in [0.1, 0.15) is 5.58 Å². The number of nitrogens with zero attached hydrogens (tertiary/aromatic N) is 1. The maximum Gasteiger partial charge on any atom is 0.159 e. The summed E-state index contributed by atoms with van der Waals surface area (Å²) >= 11 is 0. The molecule has 2 heteroatoms. The number of para-hydroxylation sites is 2. The van der Waals surface area contributed by atoms with E-state index in [9.17, 15) is 0 Å². The summed E-state index contributed by atoms with van der Waals surface area (Å²) in [5.74, 6) is 0. The lowest BCUT2D eigenvalue weighted by Crippen LogP contribution is -2.22. The molecule has 0 aliphatic heterocycles. The molecule has 0 fully saturated rings. The van der Waals surface area contributed by atoms with E-state index in [1.165, 1.54) is 50.1 Å². The number of hydrogen-bond donors (Lipinski definition) is 0. The van der Waals surface area contributed by atoms with Gasteiger partial charge in [-0.3, -0.25) is 0 Å². The number of anilines is 3. The van der Waals surface area contributed by atoms with Gasteiger partial charge >= 0.3 is 0 Å². The normalized spacial score (nSPS) is 12.9. The zero-order valence-electron chi connectivity index (χ0n) is 28.8. The number of fused-ring (bicyclic) bond motifs is 6. The van der Waals surface area contributed by atoms with Crippen LogP contribution in [0.3, 0.4) is 0 Å². The van der Waals surface area contributed by atoms with Crippen molar-refractivity contribution in [2.45, 2.75) is 12.3 Å². The molecule has 0 unspecified atom stereocenters. The third kappa shape index (κ3) is 4.65. The molecule has 0 bridgehead atoms. The fourth-order valence-corrected chi connectivity index (χ4v) is 8.41. The molecule has 52 heavy (non-hydrogen) atoms. The van der Waals surface area contributed by atoms with Crippen LogP contribution in [-0.4, -0.2) is 0 Å². The van der Waals surface area contributed by atoms with Crippen LogP contribution >= 0.6 is 0 Å². The van der Waals surface area contributed by atoms with Crippen LogP contribution in [0.1, 0.15) is 23.6 Å². The topological polar surface area (TPSA) is 16.4 Å². The first-order valence-corrected chi connectivity index (χ1v) is 17.9. The van der Waals surface area contributed by atoms with Crippen molar-refractivity contribution in [1.82, 2.24) is 0 Å². The molecular formula is C50H35NO. The van der Waals surface area contributed by atoms with Crippen molar-refractivity contribution in [3.8, 4) is 33.4 Å². The zero-order valence-corrected chi connectivity index (χ0v) is 28.8. The first-order chi connectivity index (χ1) is 25.7. The Bertz CT molecular complexity index is 2600. The number of furan rings is 1. The quantitative estimate of drug-likeness (QED) is 0.176. The summed E-state index contributed by atoms with van der Waals surface area (Å²) in [6.07, 6.45) is 0. The van der Waals surface area contributed by atoms with Crippen LogP contribution in [0.2, 0.25) is 0 Å². The van der Waals surface area contributed by atoms with Crippen LogP contribution in [0.4, 0.5) is 17.1 Å². The Morgan fingerprint density at radius 3 is 1.33 bits per heavy atom. The van der Waals surface area contributed by atoms with Gasteiger partial charge in [0.2, 0.25) is 0 Å². The lowest BCUT2D eigenvalue weighted by molar-refractivity contribution is 0.638. The van der Waals surface area contributed by atoms with Gasteiger partial charge in [-0.15, -0.1) is 0 Å². The van der Waals surface area contributed by atoms with Gasteiger partial charge in [0.05, 0.1) is 5.69 Å². The van der Waals surface area contributed by atoms with E-state index >= 15 is 0 Å². The van der Waals surface area contributed by atoms with Crippen molar-refractivity contribution in [2.75, 3.05) is 4.90 Å². The highest BCUT2D eigenvalue weighted by atomic mass is 16.3. The molecule has 10 rings (SSSR count). The molecule has 1 heterocycles. The summed E-state index contributed by atoms with van der Waals surface area (Å²) in [5, 5.41) is 2.22. The number of rotatable bonds is 6. The summed E-state index contributed by atoms with van der Waals surface area (Å²) < 4.78 is 7.19. The van der Waals surface area contributed by atoms with E-state index in [1.54, 1.807) is 0 Å².